The lowest BCUT2D eigenvalue weighted by atomic mass is 10.2. The predicted octanol–water partition coefficient (Wildman–Crippen LogP) is 5.43. The van der Waals surface area contributed by atoms with Crippen LogP contribution in [0.3, 0.4) is 0 Å². The number of nitrogens with zero attached hydrogens (tertiary/aromatic N) is 1. The Hall–Kier alpha value is -3.62. The van der Waals surface area contributed by atoms with Gasteiger partial charge in [-0.3, -0.25) is 14.5 Å². The molecule has 3 aromatic rings. The summed E-state index contributed by atoms with van der Waals surface area (Å²) in [4.78, 5) is 27.1. The number of rotatable bonds is 7. The number of aryl methyl sites for hydroxylation is 1. The predicted molar refractivity (Wildman–Crippen MR) is 140 cm³/mol. The van der Waals surface area contributed by atoms with Crippen LogP contribution in [0.5, 0.6) is 11.5 Å². The summed E-state index contributed by atoms with van der Waals surface area (Å²) in [5, 5.41) is 2.77. The summed E-state index contributed by atoms with van der Waals surface area (Å²) in [6, 6.07) is 21.9. The molecule has 0 aliphatic carbocycles. The zero-order valence-electron chi connectivity index (χ0n) is 18.6. The van der Waals surface area contributed by atoms with Crippen molar-refractivity contribution >= 4 is 57.6 Å². The Labute approximate surface area is 207 Å². The number of amides is 2. The van der Waals surface area contributed by atoms with E-state index in [0.717, 1.165) is 16.8 Å². The third-order valence-corrected chi connectivity index (χ3v) is 6.31. The molecule has 8 heteroatoms. The maximum atomic E-state index is 12.9. The van der Waals surface area contributed by atoms with E-state index in [0.29, 0.717) is 26.4 Å². The van der Waals surface area contributed by atoms with E-state index in [1.54, 1.807) is 54.5 Å². The van der Waals surface area contributed by atoms with Gasteiger partial charge in [-0.25, -0.2) is 0 Å². The van der Waals surface area contributed by atoms with Gasteiger partial charge in [-0.2, -0.15) is 0 Å². The minimum absolute atomic E-state index is 0.124. The molecule has 0 atom stereocenters. The minimum atomic E-state index is -0.269. The molecule has 1 aliphatic heterocycles. The van der Waals surface area contributed by atoms with E-state index in [9.17, 15) is 9.59 Å². The highest BCUT2D eigenvalue weighted by atomic mass is 32.2. The van der Waals surface area contributed by atoms with E-state index >= 15 is 0 Å². The molecule has 4 rings (SSSR count). The van der Waals surface area contributed by atoms with Crippen molar-refractivity contribution in [2.24, 2.45) is 0 Å². The van der Waals surface area contributed by atoms with Crippen LogP contribution in [0.4, 0.5) is 11.4 Å². The van der Waals surface area contributed by atoms with Crippen molar-refractivity contribution < 1.29 is 19.1 Å². The summed E-state index contributed by atoms with van der Waals surface area (Å²) in [6.07, 6.45) is 1.80. The third-order valence-electron chi connectivity index (χ3n) is 5.01. The Balaban J connectivity index is 1.35. The molecule has 34 heavy (non-hydrogen) atoms. The number of methoxy groups -OCH3 is 1. The van der Waals surface area contributed by atoms with Gasteiger partial charge in [0.25, 0.3) is 11.8 Å². The maximum absolute atomic E-state index is 12.9. The average molecular weight is 491 g/mol. The van der Waals surface area contributed by atoms with E-state index in [-0.39, 0.29) is 18.4 Å². The van der Waals surface area contributed by atoms with Crippen LogP contribution < -0.4 is 19.7 Å². The Kier molecular flexibility index (Phi) is 7.30. The van der Waals surface area contributed by atoms with Gasteiger partial charge in [0.1, 0.15) is 11.5 Å². The first-order chi connectivity index (χ1) is 16.4. The first kappa shape index (κ1) is 23.5. The van der Waals surface area contributed by atoms with E-state index < -0.39 is 0 Å². The SMILES string of the molecule is COc1ccc(NC(=O)COc2ccc(/C=C3\SC(=S)N(c4ccc(C)cc4)C3=O)cc2)cc1. The van der Waals surface area contributed by atoms with Crippen LogP contribution in [0.15, 0.2) is 77.7 Å². The molecule has 0 bridgehead atoms. The Morgan fingerprint density at radius 1 is 1.00 bits per heavy atom. The van der Waals surface area contributed by atoms with Gasteiger partial charge in [0.2, 0.25) is 0 Å². The van der Waals surface area contributed by atoms with Crippen molar-refractivity contribution in [3.05, 3.63) is 88.8 Å². The van der Waals surface area contributed by atoms with Gasteiger partial charge in [-0.1, -0.05) is 53.8 Å². The number of anilines is 2. The van der Waals surface area contributed by atoms with Crippen molar-refractivity contribution in [2.45, 2.75) is 6.92 Å². The third kappa shape index (κ3) is 5.65. The highest BCUT2D eigenvalue weighted by molar-refractivity contribution is 8.27. The Morgan fingerprint density at radius 2 is 1.65 bits per heavy atom. The van der Waals surface area contributed by atoms with Gasteiger partial charge in [0, 0.05) is 5.69 Å². The summed E-state index contributed by atoms with van der Waals surface area (Å²) in [6.45, 7) is 1.87. The van der Waals surface area contributed by atoms with Crippen LogP contribution >= 0.6 is 24.0 Å². The Bertz CT molecular complexity index is 1240. The molecule has 2 amide bonds. The molecular formula is C26H22N2O4S2. The molecule has 3 aromatic carbocycles. The maximum Gasteiger partial charge on any atom is 0.270 e. The summed E-state index contributed by atoms with van der Waals surface area (Å²) >= 11 is 6.70. The number of carbonyl (C=O) groups excluding carboxylic acids is 2. The molecule has 0 unspecified atom stereocenters. The fraction of sp³-hybridized carbons (Fsp3) is 0.115. The van der Waals surface area contributed by atoms with Crippen LogP contribution in [0.2, 0.25) is 0 Å². The number of benzene rings is 3. The zero-order valence-corrected chi connectivity index (χ0v) is 20.2. The van der Waals surface area contributed by atoms with Crippen molar-refractivity contribution in [3.63, 3.8) is 0 Å². The van der Waals surface area contributed by atoms with E-state index in [4.69, 9.17) is 21.7 Å². The van der Waals surface area contributed by atoms with Gasteiger partial charge in [-0.05, 0) is 67.1 Å². The first-order valence-electron chi connectivity index (χ1n) is 10.4. The molecule has 1 aliphatic rings. The first-order valence-corrected chi connectivity index (χ1v) is 11.7. The van der Waals surface area contributed by atoms with Crippen molar-refractivity contribution in [2.75, 3.05) is 23.9 Å². The molecule has 1 heterocycles. The summed E-state index contributed by atoms with van der Waals surface area (Å²) in [5.41, 5.74) is 3.37. The highest BCUT2D eigenvalue weighted by Crippen LogP contribution is 2.36. The second kappa shape index (κ2) is 10.5. The number of thiocarbonyl (C=S) groups is 1. The van der Waals surface area contributed by atoms with E-state index in [2.05, 4.69) is 5.32 Å². The molecule has 1 N–H and O–H groups in total. The van der Waals surface area contributed by atoms with Crippen LogP contribution in [-0.2, 0) is 9.59 Å². The minimum Gasteiger partial charge on any atom is -0.497 e. The molecule has 0 radical (unpaired) electrons. The highest BCUT2D eigenvalue weighted by Gasteiger charge is 2.33. The number of hydrogen-bond acceptors (Lipinski definition) is 6. The largest absolute Gasteiger partial charge is 0.497 e. The molecule has 0 aromatic heterocycles. The lowest BCUT2D eigenvalue weighted by molar-refractivity contribution is -0.118. The van der Waals surface area contributed by atoms with Crippen LogP contribution in [-0.4, -0.2) is 29.9 Å². The lowest BCUT2D eigenvalue weighted by Gasteiger charge is -2.14. The second-order valence-electron chi connectivity index (χ2n) is 7.49. The molecule has 1 fully saturated rings. The van der Waals surface area contributed by atoms with E-state index in [1.807, 2.05) is 43.3 Å². The lowest BCUT2D eigenvalue weighted by Crippen LogP contribution is -2.27. The molecule has 1 saturated heterocycles. The molecule has 0 spiro atoms. The van der Waals surface area contributed by atoms with E-state index in [1.165, 1.54) is 11.8 Å². The van der Waals surface area contributed by atoms with Crippen LogP contribution in [0.1, 0.15) is 11.1 Å². The molecule has 0 saturated carbocycles. The average Bonchev–Trinajstić information content (AvgIpc) is 3.12. The molecule has 172 valence electrons. The van der Waals surface area contributed by atoms with Crippen LogP contribution in [0.25, 0.3) is 6.08 Å². The van der Waals surface area contributed by atoms with Crippen LogP contribution in [0, 0.1) is 6.92 Å². The van der Waals surface area contributed by atoms with Gasteiger partial charge in [0.15, 0.2) is 10.9 Å². The number of hydrogen-bond donors (Lipinski definition) is 1. The standard InChI is InChI=1S/C26H22N2O4S2/c1-17-3-9-20(10-4-17)28-25(30)23(34-26(28)33)15-18-5-11-22(12-6-18)32-16-24(29)27-19-7-13-21(31-2)14-8-19/h3-15H,16H2,1-2H3,(H,27,29)/b23-15-. The Morgan fingerprint density at radius 3 is 2.29 bits per heavy atom. The number of nitrogens with one attached hydrogen (secondary N) is 1. The molecule has 6 nitrogen and oxygen atoms in total. The zero-order chi connectivity index (χ0) is 24.1. The van der Waals surface area contributed by atoms with Gasteiger partial charge in [0.05, 0.1) is 17.7 Å². The topological polar surface area (TPSA) is 67.9 Å². The summed E-state index contributed by atoms with van der Waals surface area (Å²) in [5.74, 6) is 0.851. The fourth-order valence-electron chi connectivity index (χ4n) is 3.22. The quantitative estimate of drug-likeness (QED) is 0.352. The normalized spacial score (nSPS) is 14.4. The second-order valence-corrected chi connectivity index (χ2v) is 9.16. The summed E-state index contributed by atoms with van der Waals surface area (Å²) < 4.78 is 11.2. The van der Waals surface area contributed by atoms with Gasteiger partial charge < -0.3 is 14.8 Å². The van der Waals surface area contributed by atoms with Crippen molar-refractivity contribution in [1.82, 2.24) is 0 Å². The number of carbonyl (C=O) groups is 2. The van der Waals surface area contributed by atoms with Gasteiger partial charge >= 0.3 is 0 Å². The van der Waals surface area contributed by atoms with Crippen molar-refractivity contribution in [3.8, 4) is 11.5 Å². The van der Waals surface area contributed by atoms with Crippen molar-refractivity contribution in [1.29, 1.82) is 0 Å². The van der Waals surface area contributed by atoms with Gasteiger partial charge in [-0.15, -0.1) is 0 Å². The number of thioether (sulfide) groups is 1. The smallest absolute Gasteiger partial charge is 0.270 e. The summed E-state index contributed by atoms with van der Waals surface area (Å²) in [7, 11) is 1.59. The fourth-order valence-corrected chi connectivity index (χ4v) is 4.52. The number of ether oxygens (including phenoxy) is 2. The molecular weight excluding hydrogens is 468 g/mol. The monoisotopic (exact) mass is 490 g/mol.